The first-order chi connectivity index (χ1) is 21.2. The molecule has 0 aliphatic carbocycles. The Labute approximate surface area is 275 Å². The number of nitrogens with zero attached hydrogens (tertiary/aromatic N) is 3. The lowest BCUT2D eigenvalue weighted by Gasteiger charge is -2.39. The van der Waals surface area contributed by atoms with Crippen molar-refractivity contribution in [2.75, 3.05) is 52.4 Å². The van der Waals surface area contributed by atoms with Gasteiger partial charge in [0.2, 0.25) is 5.91 Å². The summed E-state index contributed by atoms with van der Waals surface area (Å²) in [4.78, 5) is 19.7. The lowest BCUT2D eigenvalue weighted by molar-refractivity contribution is -0.136. The van der Waals surface area contributed by atoms with E-state index < -0.39 is 11.9 Å². The molecular weight excluding hydrogens is 621 g/mol. The number of carbonyl (C=O) groups excluding carboxylic acids is 1. The van der Waals surface area contributed by atoms with Crippen LogP contribution in [-0.4, -0.2) is 84.2 Å². The number of piperazine rings is 1. The van der Waals surface area contributed by atoms with E-state index in [1.165, 1.54) is 24.3 Å². The highest BCUT2D eigenvalue weighted by Crippen LogP contribution is 2.32. The fraction of sp³-hybridized carbons (Fsp3) is 0.441. The fourth-order valence-corrected chi connectivity index (χ4v) is 6.51. The van der Waals surface area contributed by atoms with Gasteiger partial charge in [0.05, 0.1) is 12.6 Å². The molecule has 2 saturated heterocycles. The Bertz CT molecular complexity index is 1450. The van der Waals surface area contributed by atoms with Crippen LogP contribution in [0.4, 0.5) is 8.78 Å². The molecule has 3 aromatic rings. The Morgan fingerprint density at radius 3 is 2.42 bits per heavy atom. The average Bonchev–Trinajstić information content (AvgIpc) is 3.03. The molecule has 244 valence electrons. The zero-order valence-corrected chi connectivity index (χ0v) is 27.1. The van der Waals surface area contributed by atoms with Crippen molar-refractivity contribution in [1.29, 1.82) is 0 Å². The highest BCUT2D eigenvalue weighted by atomic mass is 35.5. The summed E-state index contributed by atoms with van der Waals surface area (Å²) in [6.45, 7) is 7.61. The van der Waals surface area contributed by atoms with E-state index in [2.05, 4.69) is 9.80 Å². The first kappa shape index (κ1) is 34.9. The molecule has 3 N–H and O–H groups in total. The highest BCUT2D eigenvalue weighted by Gasteiger charge is 2.33. The van der Waals surface area contributed by atoms with Gasteiger partial charge in [0, 0.05) is 55.4 Å². The number of nitrogens with two attached hydrogens (primary N) is 1. The summed E-state index contributed by atoms with van der Waals surface area (Å²) < 4.78 is 34.7. The van der Waals surface area contributed by atoms with Crippen LogP contribution >= 0.6 is 24.0 Å². The third-order valence-electron chi connectivity index (χ3n) is 8.87. The van der Waals surface area contributed by atoms with E-state index in [0.29, 0.717) is 73.2 Å². The molecule has 5 rings (SSSR count). The number of carbonyl (C=O) groups is 1. The maximum absolute atomic E-state index is 14.6. The number of ether oxygens (including phenoxy) is 1. The van der Waals surface area contributed by atoms with Gasteiger partial charge in [0.15, 0.2) is 0 Å². The molecule has 1 atom stereocenters. The number of phenols is 1. The Kier molecular flexibility index (Phi) is 12.5. The van der Waals surface area contributed by atoms with Gasteiger partial charge in [-0.15, -0.1) is 12.4 Å². The molecule has 2 heterocycles. The first-order valence-corrected chi connectivity index (χ1v) is 15.8. The van der Waals surface area contributed by atoms with E-state index in [1.54, 1.807) is 24.3 Å². The normalized spacial score (nSPS) is 17.1. The van der Waals surface area contributed by atoms with E-state index in [4.69, 9.17) is 22.1 Å². The van der Waals surface area contributed by atoms with Crippen molar-refractivity contribution < 1.29 is 23.4 Å². The SMILES string of the molecule is CCOc1cccc(F)c1CN1CCN(C(=O)[C@H](N)C2CCN(CCc3cc(Cl)ccc3-c3cc(O)ccc3F)CC2)CC1.Cl. The quantitative estimate of drug-likeness (QED) is 0.288. The highest BCUT2D eigenvalue weighted by molar-refractivity contribution is 6.30. The van der Waals surface area contributed by atoms with Gasteiger partial charge >= 0.3 is 0 Å². The summed E-state index contributed by atoms with van der Waals surface area (Å²) >= 11 is 6.28. The van der Waals surface area contributed by atoms with Crippen molar-refractivity contribution in [1.82, 2.24) is 14.7 Å². The molecule has 0 saturated carbocycles. The summed E-state index contributed by atoms with van der Waals surface area (Å²) in [5.74, 6) is -0.00407. The number of likely N-dealkylation sites (tertiary alicyclic amines) is 1. The molecule has 0 spiro atoms. The van der Waals surface area contributed by atoms with Crippen LogP contribution in [0.1, 0.15) is 30.9 Å². The molecular formula is C34H42Cl2F2N4O3. The summed E-state index contributed by atoms with van der Waals surface area (Å²) in [6, 6.07) is 13.8. The number of aromatic hydroxyl groups is 1. The number of benzene rings is 3. The molecule has 45 heavy (non-hydrogen) atoms. The van der Waals surface area contributed by atoms with Crippen molar-refractivity contribution in [2.45, 2.75) is 38.8 Å². The molecule has 2 aliphatic heterocycles. The molecule has 0 aromatic heterocycles. The van der Waals surface area contributed by atoms with E-state index in [1.807, 2.05) is 17.9 Å². The number of hydrogen-bond donors (Lipinski definition) is 2. The van der Waals surface area contributed by atoms with Gasteiger partial charge in [-0.05, 0) is 98.8 Å². The topological polar surface area (TPSA) is 82.3 Å². The molecule has 7 nitrogen and oxygen atoms in total. The van der Waals surface area contributed by atoms with Crippen LogP contribution in [0.3, 0.4) is 0 Å². The Morgan fingerprint density at radius 1 is 0.978 bits per heavy atom. The summed E-state index contributed by atoms with van der Waals surface area (Å²) in [6.07, 6.45) is 2.32. The standard InChI is InChI=1S/C34H41ClF2N4O3.ClH/c1-2-44-32-5-3-4-30(36)29(32)22-40-16-18-41(19-17-40)34(43)33(38)23-10-13-39(14-11-23)15-12-24-20-25(35)6-8-27(24)28-21-26(42)7-9-31(28)37;/h3-9,20-21,23,33,42H,2,10-19,22,38H2,1H3;1H/t33-;/m1./s1. The number of halogens is 4. The van der Waals surface area contributed by atoms with Crippen LogP contribution in [0.25, 0.3) is 11.1 Å². The number of amides is 1. The number of hydrogen-bond acceptors (Lipinski definition) is 6. The van der Waals surface area contributed by atoms with Crippen LogP contribution in [0.5, 0.6) is 11.5 Å². The third-order valence-corrected chi connectivity index (χ3v) is 9.11. The van der Waals surface area contributed by atoms with Crippen molar-refractivity contribution in [3.63, 3.8) is 0 Å². The lowest BCUT2D eigenvalue weighted by atomic mass is 9.88. The molecule has 2 aliphatic rings. The maximum atomic E-state index is 14.6. The van der Waals surface area contributed by atoms with Gasteiger partial charge in [0.1, 0.15) is 23.1 Å². The largest absolute Gasteiger partial charge is 0.508 e. The van der Waals surface area contributed by atoms with Crippen LogP contribution in [-0.2, 0) is 17.8 Å². The Balaban J connectivity index is 0.00000461. The molecule has 0 bridgehead atoms. The second-order valence-corrected chi connectivity index (χ2v) is 12.1. The van der Waals surface area contributed by atoms with Gasteiger partial charge in [-0.1, -0.05) is 23.7 Å². The Hall–Kier alpha value is -2.95. The van der Waals surface area contributed by atoms with Gasteiger partial charge < -0.3 is 25.4 Å². The van der Waals surface area contributed by atoms with Gasteiger partial charge in [-0.3, -0.25) is 9.69 Å². The summed E-state index contributed by atoms with van der Waals surface area (Å²) in [5.41, 5.74) is 9.07. The smallest absolute Gasteiger partial charge is 0.239 e. The first-order valence-electron chi connectivity index (χ1n) is 15.4. The molecule has 2 fully saturated rings. The van der Waals surface area contributed by atoms with E-state index >= 15 is 0 Å². The van der Waals surface area contributed by atoms with Gasteiger partial charge in [0.25, 0.3) is 0 Å². The maximum Gasteiger partial charge on any atom is 0.239 e. The van der Waals surface area contributed by atoms with Crippen LogP contribution in [0, 0.1) is 17.6 Å². The molecule has 1 amide bonds. The van der Waals surface area contributed by atoms with Crippen molar-refractivity contribution >= 4 is 29.9 Å². The summed E-state index contributed by atoms with van der Waals surface area (Å²) in [5, 5.41) is 10.5. The molecule has 11 heteroatoms. The van der Waals surface area contributed by atoms with Crippen molar-refractivity contribution in [3.8, 4) is 22.6 Å². The fourth-order valence-electron chi connectivity index (χ4n) is 6.31. The number of piperidine rings is 1. The summed E-state index contributed by atoms with van der Waals surface area (Å²) in [7, 11) is 0. The van der Waals surface area contributed by atoms with Crippen molar-refractivity contribution in [2.24, 2.45) is 11.7 Å². The zero-order valence-electron chi connectivity index (χ0n) is 25.6. The van der Waals surface area contributed by atoms with E-state index in [-0.39, 0.29) is 35.8 Å². The second-order valence-electron chi connectivity index (χ2n) is 11.7. The van der Waals surface area contributed by atoms with E-state index in [0.717, 1.165) is 38.0 Å². The number of phenolic OH excluding ortho intramolecular Hbond substituents is 1. The monoisotopic (exact) mass is 662 g/mol. The minimum Gasteiger partial charge on any atom is -0.508 e. The minimum absolute atomic E-state index is 0. The van der Waals surface area contributed by atoms with E-state index in [9.17, 15) is 18.7 Å². The second kappa shape index (κ2) is 16.1. The van der Waals surface area contributed by atoms with Crippen LogP contribution in [0.15, 0.2) is 54.6 Å². The minimum atomic E-state index is -0.548. The Morgan fingerprint density at radius 2 is 1.71 bits per heavy atom. The zero-order chi connectivity index (χ0) is 31.2. The molecule has 0 unspecified atom stereocenters. The van der Waals surface area contributed by atoms with Crippen LogP contribution in [0.2, 0.25) is 5.02 Å². The molecule has 3 aromatic carbocycles. The number of rotatable bonds is 10. The molecule has 0 radical (unpaired) electrons. The van der Waals surface area contributed by atoms with Crippen molar-refractivity contribution in [3.05, 3.63) is 82.4 Å². The predicted molar refractivity (Wildman–Crippen MR) is 176 cm³/mol. The van der Waals surface area contributed by atoms with Crippen LogP contribution < -0.4 is 10.5 Å². The third kappa shape index (κ3) is 8.65. The average molecular weight is 664 g/mol. The van der Waals surface area contributed by atoms with Gasteiger partial charge in [-0.2, -0.15) is 0 Å². The predicted octanol–water partition coefficient (Wildman–Crippen LogP) is 5.74. The van der Waals surface area contributed by atoms with Gasteiger partial charge in [-0.25, -0.2) is 8.78 Å². The lowest BCUT2D eigenvalue weighted by Crippen LogP contribution is -2.55.